The highest BCUT2D eigenvalue weighted by Crippen LogP contribution is 2.43. The summed E-state index contributed by atoms with van der Waals surface area (Å²) in [5.74, 6) is -0.354. The maximum Gasteiger partial charge on any atom is 0.472 e. The van der Waals surface area contributed by atoms with Gasteiger partial charge < -0.3 is 20.1 Å². The van der Waals surface area contributed by atoms with E-state index in [4.69, 9.17) is 24.3 Å². The molecule has 0 amide bonds. The highest BCUT2D eigenvalue weighted by atomic mass is 31.2. The number of phosphoric ester groups is 1. The number of carbonyl (C=O) groups is 1. The molecule has 0 aromatic heterocycles. The molecule has 0 aromatic carbocycles. The number of ether oxygens (including phenoxy) is 2. The van der Waals surface area contributed by atoms with Crippen LogP contribution in [-0.2, 0) is 27.9 Å². The predicted molar refractivity (Wildman–Crippen MR) is 201 cm³/mol. The van der Waals surface area contributed by atoms with Crippen molar-refractivity contribution in [2.24, 2.45) is 5.73 Å². The van der Waals surface area contributed by atoms with Gasteiger partial charge >= 0.3 is 13.8 Å². The van der Waals surface area contributed by atoms with Crippen LogP contribution in [0, 0.1) is 0 Å². The number of nitrogens with two attached hydrogens (primary N) is 1. The van der Waals surface area contributed by atoms with Gasteiger partial charge in [0.05, 0.1) is 19.5 Å². The van der Waals surface area contributed by atoms with E-state index in [0.717, 1.165) is 38.5 Å². The van der Waals surface area contributed by atoms with Gasteiger partial charge in [-0.2, -0.15) is 0 Å². The summed E-state index contributed by atoms with van der Waals surface area (Å²) in [6, 6.07) is 0. The lowest BCUT2D eigenvalue weighted by molar-refractivity contribution is -0.153. The van der Waals surface area contributed by atoms with Gasteiger partial charge in [-0.15, -0.1) is 6.58 Å². The van der Waals surface area contributed by atoms with E-state index in [0.29, 0.717) is 6.42 Å². The first-order chi connectivity index (χ1) is 23.4. The Morgan fingerprint density at radius 1 is 0.688 bits per heavy atom. The van der Waals surface area contributed by atoms with Crippen LogP contribution >= 0.6 is 7.82 Å². The second kappa shape index (κ2) is 37.1. The highest BCUT2D eigenvalue weighted by Gasteiger charge is 2.25. The molecule has 0 aliphatic carbocycles. The second-order valence-electron chi connectivity index (χ2n) is 13.3. The lowest BCUT2D eigenvalue weighted by atomic mass is 10.0. The van der Waals surface area contributed by atoms with E-state index in [2.05, 4.69) is 13.5 Å². The molecule has 8 nitrogen and oxygen atoms in total. The van der Waals surface area contributed by atoms with E-state index in [-0.39, 0.29) is 32.3 Å². The molecule has 0 radical (unpaired) electrons. The lowest BCUT2D eigenvalue weighted by Crippen LogP contribution is -2.27. The molecule has 48 heavy (non-hydrogen) atoms. The third kappa shape index (κ3) is 36.1. The van der Waals surface area contributed by atoms with Crippen molar-refractivity contribution in [3.05, 3.63) is 25.0 Å². The van der Waals surface area contributed by atoms with Crippen molar-refractivity contribution in [1.82, 2.24) is 0 Å². The SMILES string of the molecule is C=CCCCCCCCCCCCCCCCC(=O)O[C@H](CO/C=C/CCCCCCCCCCCCCC)COP(=O)(O)OCCN. The minimum atomic E-state index is -4.28. The molecular formula is C39H76NO7P. The van der Waals surface area contributed by atoms with Crippen LogP contribution in [0.15, 0.2) is 25.0 Å². The monoisotopic (exact) mass is 702 g/mol. The third-order valence-corrected chi connectivity index (χ3v) is 9.57. The van der Waals surface area contributed by atoms with Gasteiger partial charge in [0, 0.05) is 13.0 Å². The zero-order valence-electron chi connectivity index (χ0n) is 31.1. The number of hydrogen-bond acceptors (Lipinski definition) is 7. The summed E-state index contributed by atoms with van der Waals surface area (Å²) in [6.45, 7) is 5.76. The van der Waals surface area contributed by atoms with Gasteiger partial charge in [-0.05, 0) is 38.2 Å². The molecule has 0 saturated carbocycles. The molecule has 0 spiro atoms. The van der Waals surface area contributed by atoms with Crippen LogP contribution in [0.4, 0.5) is 0 Å². The Kier molecular flexibility index (Phi) is 36.2. The first kappa shape index (κ1) is 46.8. The first-order valence-electron chi connectivity index (χ1n) is 19.8. The molecular weight excluding hydrogens is 625 g/mol. The van der Waals surface area contributed by atoms with Gasteiger partial charge in [0.2, 0.25) is 0 Å². The molecule has 2 atom stereocenters. The van der Waals surface area contributed by atoms with E-state index in [1.165, 1.54) is 135 Å². The van der Waals surface area contributed by atoms with Crippen LogP contribution in [0.2, 0.25) is 0 Å². The number of esters is 1. The van der Waals surface area contributed by atoms with Crippen LogP contribution in [0.25, 0.3) is 0 Å². The van der Waals surface area contributed by atoms with Gasteiger partial charge in [0.25, 0.3) is 0 Å². The van der Waals surface area contributed by atoms with Crippen LogP contribution < -0.4 is 5.73 Å². The Bertz CT molecular complexity index is 779. The topological polar surface area (TPSA) is 117 Å². The molecule has 284 valence electrons. The predicted octanol–water partition coefficient (Wildman–Crippen LogP) is 11.6. The Morgan fingerprint density at radius 3 is 1.62 bits per heavy atom. The molecule has 1 unspecified atom stereocenters. The van der Waals surface area contributed by atoms with Crippen molar-refractivity contribution in [3.63, 3.8) is 0 Å². The highest BCUT2D eigenvalue weighted by molar-refractivity contribution is 7.47. The summed E-state index contributed by atoms with van der Waals surface area (Å²) in [5.41, 5.74) is 5.35. The van der Waals surface area contributed by atoms with Crippen LogP contribution in [-0.4, -0.2) is 43.3 Å². The standard InChI is InChI=1S/C39H76NO7P/c1-3-5-7-9-11-13-15-17-19-20-22-24-26-28-30-32-39(41)47-38(37-46-48(42,43)45-35-33-40)36-44-34-31-29-27-25-23-21-18-16-14-12-10-8-6-4-2/h3,31,34,38H,1,4-30,32-33,35-37,40H2,2H3,(H,42,43)/b34-31+/t38-/m1/s1. The molecule has 0 aliphatic rings. The molecule has 0 fully saturated rings. The van der Waals surface area contributed by atoms with Crippen LogP contribution in [0.3, 0.4) is 0 Å². The van der Waals surface area contributed by atoms with Crippen molar-refractivity contribution in [2.75, 3.05) is 26.4 Å². The summed E-state index contributed by atoms with van der Waals surface area (Å²) < 4.78 is 33.1. The van der Waals surface area contributed by atoms with E-state index >= 15 is 0 Å². The van der Waals surface area contributed by atoms with Gasteiger partial charge in [0.1, 0.15) is 6.61 Å². The normalized spacial score (nSPS) is 13.5. The summed E-state index contributed by atoms with van der Waals surface area (Å²) in [7, 11) is -4.28. The fourth-order valence-electron chi connectivity index (χ4n) is 5.65. The van der Waals surface area contributed by atoms with E-state index in [9.17, 15) is 14.3 Å². The minimum absolute atomic E-state index is 0.0346. The summed E-state index contributed by atoms with van der Waals surface area (Å²) in [4.78, 5) is 22.4. The zero-order chi connectivity index (χ0) is 35.2. The van der Waals surface area contributed by atoms with Crippen molar-refractivity contribution >= 4 is 13.8 Å². The maximum atomic E-state index is 12.5. The largest absolute Gasteiger partial charge is 0.498 e. The Morgan fingerprint density at radius 2 is 1.15 bits per heavy atom. The van der Waals surface area contributed by atoms with Crippen LogP contribution in [0.5, 0.6) is 0 Å². The minimum Gasteiger partial charge on any atom is -0.498 e. The number of carbonyl (C=O) groups excluding carboxylic acids is 1. The average molecular weight is 702 g/mol. The molecule has 0 bridgehead atoms. The molecule has 0 rings (SSSR count). The van der Waals surface area contributed by atoms with Gasteiger partial charge in [-0.25, -0.2) is 4.57 Å². The van der Waals surface area contributed by atoms with E-state index in [1.54, 1.807) is 6.26 Å². The number of rotatable bonds is 39. The maximum absolute atomic E-state index is 12.5. The number of unbranched alkanes of at least 4 members (excludes halogenated alkanes) is 25. The fraction of sp³-hybridized carbons (Fsp3) is 0.872. The fourth-order valence-corrected chi connectivity index (χ4v) is 6.41. The van der Waals surface area contributed by atoms with Gasteiger partial charge in [-0.1, -0.05) is 154 Å². The van der Waals surface area contributed by atoms with Gasteiger partial charge in [0.15, 0.2) is 6.10 Å². The molecule has 0 aromatic rings. The Hall–Kier alpha value is -1.18. The summed E-state index contributed by atoms with van der Waals surface area (Å²) >= 11 is 0. The smallest absolute Gasteiger partial charge is 0.472 e. The number of hydrogen-bond donors (Lipinski definition) is 2. The van der Waals surface area contributed by atoms with Crippen molar-refractivity contribution in [3.8, 4) is 0 Å². The number of allylic oxidation sites excluding steroid dienone is 2. The summed E-state index contributed by atoms with van der Waals surface area (Å²) in [6.07, 6.45) is 38.9. The number of phosphoric acid groups is 1. The third-order valence-electron chi connectivity index (χ3n) is 8.58. The van der Waals surface area contributed by atoms with Crippen molar-refractivity contribution in [1.29, 1.82) is 0 Å². The van der Waals surface area contributed by atoms with E-state index < -0.39 is 13.9 Å². The average Bonchev–Trinajstić information content (AvgIpc) is 3.07. The Labute approximate surface area is 296 Å². The molecule has 3 N–H and O–H groups in total. The first-order valence-corrected chi connectivity index (χ1v) is 21.3. The van der Waals surface area contributed by atoms with E-state index in [1.807, 2.05) is 12.2 Å². The second-order valence-corrected chi connectivity index (χ2v) is 14.8. The molecule has 0 heterocycles. The summed E-state index contributed by atoms with van der Waals surface area (Å²) in [5, 5.41) is 0. The quantitative estimate of drug-likeness (QED) is 0.0214. The van der Waals surface area contributed by atoms with Crippen LogP contribution in [0.1, 0.15) is 187 Å². The molecule has 0 aliphatic heterocycles. The molecule has 9 heteroatoms. The zero-order valence-corrected chi connectivity index (χ0v) is 32.0. The molecule has 0 saturated heterocycles. The lowest BCUT2D eigenvalue weighted by Gasteiger charge is -2.19. The Balaban J connectivity index is 4.09. The van der Waals surface area contributed by atoms with Crippen molar-refractivity contribution < 1.29 is 32.8 Å². The van der Waals surface area contributed by atoms with Crippen molar-refractivity contribution in [2.45, 2.75) is 193 Å². The van der Waals surface area contributed by atoms with Gasteiger partial charge in [-0.3, -0.25) is 13.8 Å².